The van der Waals surface area contributed by atoms with Crippen molar-refractivity contribution in [2.75, 3.05) is 0 Å². The van der Waals surface area contributed by atoms with E-state index in [1.54, 1.807) is 6.92 Å². The van der Waals surface area contributed by atoms with Gasteiger partial charge in [0, 0.05) is 6.42 Å². The van der Waals surface area contributed by atoms with Crippen LogP contribution in [0.2, 0.25) is 0 Å². The Morgan fingerprint density at radius 3 is 1.67 bits per heavy atom. The second kappa shape index (κ2) is 7.32. The van der Waals surface area contributed by atoms with E-state index in [-0.39, 0.29) is 6.42 Å². The lowest BCUT2D eigenvalue weighted by Crippen LogP contribution is -1.86. The van der Waals surface area contributed by atoms with Gasteiger partial charge in [-0.2, -0.15) is 0 Å². The van der Waals surface area contributed by atoms with E-state index in [1.807, 2.05) is 0 Å². The largest absolute Gasteiger partial charge is 0.762 e. The Morgan fingerprint density at radius 2 is 1.67 bits per heavy atom. The SMILES string of the molecule is CCC(=O)O.FB(F)F. The second-order valence-corrected chi connectivity index (χ2v) is 0.995. The molecule has 0 aliphatic rings. The molecule has 1 N–H and O–H groups in total. The van der Waals surface area contributed by atoms with E-state index in [2.05, 4.69) is 0 Å². The Labute approximate surface area is 50.9 Å². The van der Waals surface area contributed by atoms with Crippen LogP contribution < -0.4 is 0 Å². The van der Waals surface area contributed by atoms with Crippen LogP contribution in [0.25, 0.3) is 0 Å². The van der Waals surface area contributed by atoms with Crippen molar-refractivity contribution in [3.63, 3.8) is 0 Å². The molecule has 0 unspecified atom stereocenters. The molecule has 0 saturated heterocycles. The van der Waals surface area contributed by atoms with Gasteiger partial charge < -0.3 is 5.11 Å². The predicted molar refractivity (Wildman–Crippen MR) is 27.0 cm³/mol. The molecule has 54 valence electrons. The first-order valence-electron chi connectivity index (χ1n) is 2.14. The third-order valence-corrected chi connectivity index (χ3v) is 0.302. The van der Waals surface area contributed by atoms with Crippen molar-refractivity contribution in [3.05, 3.63) is 0 Å². The molecule has 0 aromatic rings. The molecule has 0 heterocycles. The van der Waals surface area contributed by atoms with Gasteiger partial charge in [0.1, 0.15) is 0 Å². The number of aliphatic carboxylic acids is 1. The van der Waals surface area contributed by atoms with Crippen LogP contribution >= 0.6 is 0 Å². The van der Waals surface area contributed by atoms with Crippen LogP contribution in [-0.4, -0.2) is 18.6 Å². The summed E-state index contributed by atoms with van der Waals surface area (Å²) >= 11 is 0. The number of carboxylic acid groups (broad SMARTS) is 1. The van der Waals surface area contributed by atoms with Gasteiger partial charge in [-0.25, -0.2) is 0 Å². The highest BCUT2D eigenvalue weighted by atomic mass is 19.4. The molecule has 0 aliphatic heterocycles. The van der Waals surface area contributed by atoms with Gasteiger partial charge in [-0.1, -0.05) is 6.92 Å². The predicted octanol–water partition coefficient (Wildman–Crippen LogP) is 1.36. The number of rotatable bonds is 1. The molecule has 0 amide bonds. The van der Waals surface area contributed by atoms with E-state index in [0.717, 1.165) is 0 Å². The Morgan fingerprint density at radius 1 is 1.56 bits per heavy atom. The molecule has 0 atom stereocenters. The molecule has 0 aromatic carbocycles. The second-order valence-electron chi connectivity index (χ2n) is 0.995. The van der Waals surface area contributed by atoms with Gasteiger partial charge in [0.25, 0.3) is 0 Å². The fourth-order valence-corrected chi connectivity index (χ4v) is 0. The summed E-state index contributed by atoms with van der Waals surface area (Å²) in [6, 6.07) is 0. The van der Waals surface area contributed by atoms with Crippen LogP contribution in [0.15, 0.2) is 0 Å². The van der Waals surface area contributed by atoms with Crippen LogP contribution in [0.4, 0.5) is 12.9 Å². The topological polar surface area (TPSA) is 37.3 Å². The van der Waals surface area contributed by atoms with Crippen LogP contribution in [0.5, 0.6) is 0 Å². The van der Waals surface area contributed by atoms with Crippen molar-refractivity contribution in [3.8, 4) is 0 Å². The molecule has 0 fully saturated rings. The first kappa shape index (κ1) is 11.2. The summed E-state index contributed by atoms with van der Waals surface area (Å²) in [5.41, 5.74) is 0. The summed E-state index contributed by atoms with van der Waals surface area (Å²) in [5.74, 6) is -0.745. The molecule has 0 rings (SSSR count). The lowest BCUT2D eigenvalue weighted by molar-refractivity contribution is -0.136. The molecule has 0 aromatic heterocycles. The smallest absolute Gasteiger partial charge is 0.481 e. The van der Waals surface area contributed by atoms with E-state index < -0.39 is 13.5 Å². The zero-order valence-electron chi connectivity index (χ0n) is 4.77. The lowest BCUT2D eigenvalue weighted by Gasteiger charge is -1.71. The zero-order chi connectivity index (χ0) is 7.86. The summed E-state index contributed by atoms with van der Waals surface area (Å²) in [6.07, 6.45) is 0.222. The molecule has 9 heavy (non-hydrogen) atoms. The quantitative estimate of drug-likeness (QED) is 0.561. The minimum absolute atomic E-state index is 0.222. The number of carbonyl (C=O) groups is 1. The fraction of sp³-hybridized carbons (Fsp3) is 0.667. The van der Waals surface area contributed by atoms with E-state index >= 15 is 0 Å². The number of carboxylic acids is 1. The van der Waals surface area contributed by atoms with Gasteiger partial charge in [0.15, 0.2) is 0 Å². The Balaban J connectivity index is 0. The molecule has 0 radical (unpaired) electrons. The molecular weight excluding hydrogens is 136 g/mol. The first-order chi connectivity index (χ1) is 4.00. The highest BCUT2D eigenvalue weighted by Crippen LogP contribution is 1.80. The highest BCUT2D eigenvalue weighted by molar-refractivity contribution is 6.33. The van der Waals surface area contributed by atoms with E-state index in [9.17, 15) is 17.7 Å². The standard InChI is InChI=1S/C3H6O2.BF3/c1-2-3(4)5;2-1(3)4/h2H2,1H3,(H,4,5);. The van der Waals surface area contributed by atoms with Crippen LogP contribution in [0, 0.1) is 0 Å². The van der Waals surface area contributed by atoms with Crippen molar-refractivity contribution in [1.82, 2.24) is 0 Å². The Hall–Kier alpha value is -0.675. The Bertz CT molecular complexity index is 74.7. The lowest BCUT2D eigenvalue weighted by atomic mass is 10.5. The summed E-state index contributed by atoms with van der Waals surface area (Å²) in [6.45, 7) is 1.60. The van der Waals surface area contributed by atoms with Gasteiger partial charge >= 0.3 is 13.5 Å². The van der Waals surface area contributed by atoms with Gasteiger partial charge in [0.2, 0.25) is 0 Å². The molecule has 6 heteroatoms. The van der Waals surface area contributed by atoms with Crippen LogP contribution in [-0.2, 0) is 4.79 Å². The van der Waals surface area contributed by atoms with Crippen molar-refractivity contribution in [1.29, 1.82) is 0 Å². The summed E-state index contributed by atoms with van der Waals surface area (Å²) < 4.78 is 29.0. The van der Waals surface area contributed by atoms with E-state index in [4.69, 9.17) is 5.11 Å². The maximum Gasteiger partial charge on any atom is 0.762 e. The fourth-order valence-electron chi connectivity index (χ4n) is 0. The monoisotopic (exact) mass is 142 g/mol. The molecule has 2 nitrogen and oxygen atoms in total. The third kappa shape index (κ3) is 118. The van der Waals surface area contributed by atoms with Gasteiger partial charge in [-0.15, -0.1) is 0 Å². The van der Waals surface area contributed by atoms with Gasteiger partial charge in [0.05, 0.1) is 0 Å². The van der Waals surface area contributed by atoms with Crippen molar-refractivity contribution >= 4 is 13.5 Å². The molecular formula is C3H6BF3O2. The van der Waals surface area contributed by atoms with Crippen LogP contribution in [0.1, 0.15) is 13.3 Å². The maximum atomic E-state index is 9.67. The van der Waals surface area contributed by atoms with Crippen molar-refractivity contribution in [2.45, 2.75) is 13.3 Å². The molecule has 0 aliphatic carbocycles. The molecule has 0 bridgehead atoms. The van der Waals surface area contributed by atoms with E-state index in [1.165, 1.54) is 0 Å². The maximum absolute atomic E-state index is 9.67. The number of hydrogen-bond acceptors (Lipinski definition) is 1. The average molecular weight is 142 g/mol. The number of hydrogen-bond donors (Lipinski definition) is 1. The van der Waals surface area contributed by atoms with Gasteiger partial charge in [-0.3, -0.25) is 17.7 Å². The zero-order valence-corrected chi connectivity index (χ0v) is 4.77. The van der Waals surface area contributed by atoms with Crippen molar-refractivity contribution < 1.29 is 22.8 Å². The third-order valence-electron chi connectivity index (χ3n) is 0.302. The van der Waals surface area contributed by atoms with E-state index in [0.29, 0.717) is 0 Å². The van der Waals surface area contributed by atoms with Gasteiger partial charge in [-0.05, 0) is 0 Å². The molecule has 0 saturated carbocycles. The van der Waals surface area contributed by atoms with Crippen LogP contribution in [0.3, 0.4) is 0 Å². The minimum atomic E-state index is -3.67. The normalized spacial score (nSPS) is 7.11. The number of halogens is 3. The average Bonchev–Trinajstić information content (AvgIpc) is 1.65. The minimum Gasteiger partial charge on any atom is -0.481 e. The summed E-state index contributed by atoms with van der Waals surface area (Å²) in [5, 5.41) is 7.72. The highest BCUT2D eigenvalue weighted by Gasteiger charge is 2.06. The summed E-state index contributed by atoms with van der Waals surface area (Å²) in [7, 11) is -3.67. The molecule has 0 spiro atoms. The first-order valence-corrected chi connectivity index (χ1v) is 2.14. The summed E-state index contributed by atoms with van der Waals surface area (Å²) in [4.78, 5) is 9.37. The van der Waals surface area contributed by atoms with Crippen molar-refractivity contribution in [2.24, 2.45) is 0 Å². The Kier molecular flexibility index (Phi) is 9.09.